The van der Waals surface area contributed by atoms with Crippen molar-refractivity contribution in [2.24, 2.45) is 4.99 Å². The van der Waals surface area contributed by atoms with Gasteiger partial charge in [0.2, 0.25) is 0 Å². The minimum absolute atomic E-state index is 0.228. The van der Waals surface area contributed by atoms with Crippen LogP contribution >= 0.6 is 0 Å². The Hall–Kier alpha value is -2.80. The minimum atomic E-state index is -0.387. The molecule has 0 aliphatic rings. The molecule has 7 heteroatoms. The first-order chi connectivity index (χ1) is 13.6. The van der Waals surface area contributed by atoms with E-state index in [0.29, 0.717) is 32.3 Å². The van der Waals surface area contributed by atoms with Gasteiger partial charge in [0.1, 0.15) is 12.4 Å². The van der Waals surface area contributed by atoms with Crippen molar-refractivity contribution in [2.75, 3.05) is 34.5 Å². The van der Waals surface area contributed by atoms with Gasteiger partial charge in [0.15, 0.2) is 17.5 Å². The predicted octanol–water partition coefficient (Wildman–Crippen LogP) is 3.03. The van der Waals surface area contributed by atoms with E-state index in [1.807, 2.05) is 31.2 Å². The van der Waals surface area contributed by atoms with Crippen molar-refractivity contribution in [1.29, 1.82) is 0 Å². The van der Waals surface area contributed by atoms with Gasteiger partial charge in [-0.05, 0) is 36.2 Å². The van der Waals surface area contributed by atoms with Gasteiger partial charge < -0.3 is 24.8 Å². The zero-order valence-electron chi connectivity index (χ0n) is 16.8. The van der Waals surface area contributed by atoms with E-state index in [0.717, 1.165) is 22.4 Å². The highest BCUT2D eigenvalue weighted by Gasteiger charge is 2.07. The number of guanidine groups is 1. The second kappa shape index (κ2) is 11.1. The summed E-state index contributed by atoms with van der Waals surface area (Å²) in [4.78, 5) is 4.21. The standard InChI is InChI=1S/C21H28FN3O3/c1-15-5-7-17(20(11-15)28-10-9-26-3)14-25-21(23-2)24-13-16-6-8-19(27-4)18(22)12-16/h5-8,11-12H,9-10,13-14H2,1-4H3,(H2,23,24,25). The summed E-state index contributed by atoms with van der Waals surface area (Å²) in [6, 6.07) is 10.9. The van der Waals surface area contributed by atoms with Gasteiger partial charge in [-0.25, -0.2) is 4.39 Å². The van der Waals surface area contributed by atoms with E-state index in [9.17, 15) is 4.39 Å². The number of hydrogen-bond acceptors (Lipinski definition) is 4. The first-order valence-corrected chi connectivity index (χ1v) is 9.05. The lowest BCUT2D eigenvalue weighted by Gasteiger charge is -2.15. The first kappa shape index (κ1) is 21.5. The third kappa shape index (κ3) is 6.42. The molecule has 0 heterocycles. The van der Waals surface area contributed by atoms with Crippen LogP contribution in [0.15, 0.2) is 41.4 Å². The van der Waals surface area contributed by atoms with Crippen molar-refractivity contribution < 1.29 is 18.6 Å². The molecular formula is C21H28FN3O3. The SMILES string of the molecule is CN=C(NCc1ccc(OC)c(F)c1)NCc1ccc(C)cc1OCCOC. The smallest absolute Gasteiger partial charge is 0.191 e. The maximum Gasteiger partial charge on any atom is 0.191 e. The number of nitrogens with one attached hydrogen (secondary N) is 2. The van der Waals surface area contributed by atoms with Gasteiger partial charge in [0, 0.05) is 32.8 Å². The van der Waals surface area contributed by atoms with Crippen LogP contribution in [0.25, 0.3) is 0 Å². The average molecular weight is 389 g/mol. The number of aryl methyl sites for hydroxylation is 1. The summed E-state index contributed by atoms with van der Waals surface area (Å²) in [6.07, 6.45) is 0. The van der Waals surface area contributed by atoms with Gasteiger partial charge in [-0.2, -0.15) is 0 Å². The summed E-state index contributed by atoms with van der Waals surface area (Å²) in [5.41, 5.74) is 2.93. The molecule has 0 saturated carbocycles. The van der Waals surface area contributed by atoms with Crippen LogP contribution in [0.4, 0.5) is 4.39 Å². The van der Waals surface area contributed by atoms with Crippen LogP contribution < -0.4 is 20.1 Å². The Labute approximate surface area is 165 Å². The number of halogens is 1. The second-order valence-electron chi connectivity index (χ2n) is 6.20. The summed E-state index contributed by atoms with van der Waals surface area (Å²) in [6.45, 7) is 4.02. The molecular weight excluding hydrogens is 361 g/mol. The predicted molar refractivity (Wildman–Crippen MR) is 109 cm³/mol. The first-order valence-electron chi connectivity index (χ1n) is 9.05. The quantitative estimate of drug-likeness (QED) is 0.392. The largest absolute Gasteiger partial charge is 0.494 e. The van der Waals surface area contributed by atoms with Crippen LogP contribution in [0.5, 0.6) is 11.5 Å². The second-order valence-corrected chi connectivity index (χ2v) is 6.20. The number of ether oxygens (including phenoxy) is 3. The number of aliphatic imine (C=N–C) groups is 1. The maximum absolute atomic E-state index is 13.8. The molecule has 0 aliphatic carbocycles. The summed E-state index contributed by atoms with van der Waals surface area (Å²) in [7, 11) is 4.78. The number of nitrogens with zero attached hydrogens (tertiary/aromatic N) is 1. The zero-order chi connectivity index (χ0) is 20.4. The molecule has 0 spiro atoms. The Bertz CT molecular complexity index is 796. The fourth-order valence-corrected chi connectivity index (χ4v) is 2.58. The van der Waals surface area contributed by atoms with E-state index in [-0.39, 0.29) is 11.6 Å². The lowest BCUT2D eigenvalue weighted by Crippen LogP contribution is -2.36. The molecule has 2 N–H and O–H groups in total. The molecule has 0 unspecified atom stereocenters. The topological polar surface area (TPSA) is 64.1 Å². The van der Waals surface area contributed by atoms with Crippen LogP contribution in [0.2, 0.25) is 0 Å². The molecule has 0 aromatic heterocycles. The fraction of sp³-hybridized carbons (Fsp3) is 0.381. The molecule has 2 rings (SSSR count). The molecule has 152 valence electrons. The molecule has 0 atom stereocenters. The Morgan fingerprint density at radius 3 is 2.46 bits per heavy atom. The van der Waals surface area contributed by atoms with Crippen molar-refractivity contribution in [1.82, 2.24) is 10.6 Å². The molecule has 2 aromatic carbocycles. The molecule has 0 aliphatic heterocycles. The Morgan fingerprint density at radius 1 is 1.00 bits per heavy atom. The van der Waals surface area contributed by atoms with Crippen molar-refractivity contribution in [2.45, 2.75) is 20.0 Å². The van der Waals surface area contributed by atoms with Gasteiger partial charge in [0.05, 0.1) is 13.7 Å². The summed E-state index contributed by atoms with van der Waals surface area (Å²) < 4.78 is 29.6. The molecule has 0 radical (unpaired) electrons. The highest BCUT2D eigenvalue weighted by atomic mass is 19.1. The highest BCUT2D eigenvalue weighted by Crippen LogP contribution is 2.20. The minimum Gasteiger partial charge on any atom is -0.494 e. The van der Waals surface area contributed by atoms with Crippen LogP contribution in [-0.2, 0) is 17.8 Å². The van der Waals surface area contributed by atoms with Crippen molar-refractivity contribution in [3.8, 4) is 11.5 Å². The van der Waals surface area contributed by atoms with Gasteiger partial charge in [-0.3, -0.25) is 4.99 Å². The van der Waals surface area contributed by atoms with E-state index >= 15 is 0 Å². The van der Waals surface area contributed by atoms with Crippen LogP contribution in [0.1, 0.15) is 16.7 Å². The van der Waals surface area contributed by atoms with Crippen LogP contribution in [0, 0.1) is 12.7 Å². The third-order valence-corrected chi connectivity index (χ3v) is 4.11. The van der Waals surface area contributed by atoms with E-state index in [4.69, 9.17) is 14.2 Å². The van der Waals surface area contributed by atoms with Crippen LogP contribution in [-0.4, -0.2) is 40.4 Å². The lowest BCUT2D eigenvalue weighted by atomic mass is 10.1. The Morgan fingerprint density at radius 2 is 1.79 bits per heavy atom. The summed E-state index contributed by atoms with van der Waals surface area (Å²) in [5, 5.41) is 6.43. The molecule has 0 saturated heterocycles. The summed E-state index contributed by atoms with van der Waals surface area (Å²) >= 11 is 0. The van der Waals surface area contributed by atoms with Gasteiger partial charge in [-0.1, -0.05) is 18.2 Å². The zero-order valence-corrected chi connectivity index (χ0v) is 16.8. The molecule has 0 fully saturated rings. The molecule has 6 nitrogen and oxygen atoms in total. The highest BCUT2D eigenvalue weighted by molar-refractivity contribution is 5.79. The Balaban J connectivity index is 1.94. The fourth-order valence-electron chi connectivity index (χ4n) is 2.58. The van der Waals surface area contributed by atoms with Crippen molar-refractivity contribution in [3.63, 3.8) is 0 Å². The summed E-state index contributed by atoms with van der Waals surface area (Å²) in [5.74, 6) is 1.27. The number of hydrogen-bond donors (Lipinski definition) is 2. The Kier molecular flexibility index (Phi) is 8.55. The van der Waals surface area contributed by atoms with E-state index in [1.165, 1.54) is 13.2 Å². The van der Waals surface area contributed by atoms with Crippen LogP contribution in [0.3, 0.4) is 0 Å². The van der Waals surface area contributed by atoms with E-state index in [2.05, 4.69) is 15.6 Å². The average Bonchev–Trinajstić information content (AvgIpc) is 2.69. The normalized spacial score (nSPS) is 11.2. The van der Waals surface area contributed by atoms with Gasteiger partial charge >= 0.3 is 0 Å². The number of methoxy groups -OCH3 is 2. The molecule has 0 amide bonds. The number of benzene rings is 2. The van der Waals surface area contributed by atoms with Gasteiger partial charge in [-0.15, -0.1) is 0 Å². The van der Waals surface area contributed by atoms with E-state index < -0.39 is 0 Å². The molecule has 28 heavy (non-hydrogen) atoms. The van der Waals surface area contributed by atoms with E-state index in [1.54, 1.807) is 20.2 Å². The maximum atomic E-state index is 13.8. The molecule has 0 bridgehead atoms. The van der Waals surface area contributed by atoms with Crippen molar-refractivity contribution >= 4 is 5.96 Å². The number of rotatable bonds is 9. The lowest BCUT2D eigenvalue weighted by molar-refractivity contribution is 0.145. The molecule has 2 aromatic rings. The monoisotopic (exact) mass is 389 g/mol. The van der Waals surface area contributed by atoms with Crippen molar-refractivity contribution in [3.05, 3.63) is 58.9 Å². The third-order valence-electron chi connectivity index (χ3n) is 4.11. The van der Waals surface area contributed by atoms with Gasteiger partial charge in [0.25, 0.3) is 0 Å².